The number of para-hydroxylation sites is 2. The summed E-state index contributed by atoms with van der Waals surface area (Å²) in [6.45, 7) is 4.74. The maximum atomic E-state index is 5.28. The van der Waals surface area contributed by atoms with E-state index in [-0.39, 0.29) is 0 Å². The summed E-state index contributed by atoms with van der Waals surface area (Å²) in [4.78, 5) is 8.94. The molecular formula is C23H31N5O. The minimum absolute atomic E-state index is 0.850. The van der Waals surface area contributed by atoms with Crippen LogP contribution in [0.1, 0.15) is 24.2 Å². The van der Waals surface area contributed by atoms with Crippen LogP contribution in [0.3, 0.4) is 0 Å². The van der Waals surface area contributed by atoms with Gasteiger partial charge in [-0.05, 0) is 56.0 Å². The van der Waals surface area contributed by atoms with Gasteiger partial charge in [-0.3, -0.25) is 4.99 Å². The summed E-state index contributed by atoms with van der Waals surface area (Å²) in [6, 6.07) is 16.5. The summed E-state index contributed by atoms with van der Waals surface area (Å²) < 4.78 is 7.56. The molecule has 0 aliphatic carbocycles. The molecule has 0 unspecified atom stereocenters. The second-order valence-corrected chi connectivity index (χ2v) is 7.03. The molecule has 1 aromatic heterocycles. The van der Waals surface area contributed by atoms with Gasteiger partial charge in [0.05, 0.1) is 18.1 Å². The van der Waals surface area contributed by atoms with E-state index in [1.165, 1.54) is 11.1 Å². The van der Waals surface area contributed by atoms with Gasteiger partial charge in [-0.2, -0.15) is 0 Å². The van der Waals surface area contributed by atoms with Crippen molar-refractivity contribution in [3.05, 3.63) is 59.9 Å². The highest BCUT2D eigenvalue weighted by Crippen LogP contribution is 2.15. The number of methoxy groups -OCH3 is 1. The average Bonchev–Trinajstić information content (AvgIpc) is 3.07. The van der Waals surface area contributed by atoms with Gasteiger partial charge in [-0.1, -0.05) is 24.3 Å². The van der Waals surface area contributed by atoms with Gasteiger partial charge in [0, 0.05) is 26.7 Å². The second kappa shape index (κ2) is 10.5. The van der Waals surface area contributed by atoms with Crippen molar-refractivity contribution >= 4 is 17.0 Å². The maximum absolute atomic E-state index is 5.28. The van der Waals surface area contributed by atoms with Gasteiger partial charge >= 0.3 is 0 Å². The first-order chi connectivity index (χ1) is 14.2. The van der Waals surface area contributed by atoms with Gasteiger partial charge in [0.2, 0.25) is 0 Å². The molecule has 3 rings (SSSR count). The van der Waals surface area contributed by atoms with E-state index in [0.717, 1.165) is 61.9 Å². The van der Waals surface area contributed by atoms with Crippen LogP contribution in [0.25, 0.3) is 11.0 Å². The number of benzene rings is 2. The first-order valence-electron chi connectivity index (χ1n) is 10.2. The van der Waals surface area contributed by atoms with Crippen molar-refractivity contribution in [3.8, 4) is 5.75 Å². The van der Waals surface area contributed by atoms with E-state index in [1.54, 1.807) is 7.11 Å². The minimum Gasteiger partial charge on any atom is -0.497 e. The molecule has 29 heavy (non-hydrogen) atoms. The Balaban J connectivity index is 1.37. The number of hydrogen-bond donors (Lipinski definition) is 2. The third-order valence-electron chi connectivity index (χ3n) is 4.99. The molecule has 0 atom stereocenters. The fraction of sp³-hybridized carbons (Fsp3) is 0.391. The van der Waals surface area contributed by atoms with E-state index in [1.807, 2.05) is 25.2 Å². The Bertz CT molecular complexity index is 947. The quantitative estimate of drug-likeness (QED) is 0.332. The SMILES string of the molecule is CN=C(NCCCc1cccc(OC)c1)NCCCn1c(C)nc2ccccc21. The van der Waals surface area contributed by atoms with Gasteiger partial charge in [0.15, 0.2) is 5.96 Å². The summed E-state index contributed by atoms with van der Waals surface area (Å²) in [5.74, 6) is 2.82. The molecule has 6 nitrogen and oxygen atoms in total. The fourth-order valence-electron chi connectivity index (χ4n) is 3.47. The van der Waals surface area contributed by atoms with Crippen molar-refractivity contribution < 1.29 is 4.74 Å². The van der Waals surface area contributed by atoms with Crippen LogP contribution in [0.15, 0.2) is 53.5 Å². The Labute approximate surface area is 173 Å². The molecule has 3 aromatic rings. The van der Waals surface area contributed by atoms with Crippen LogP contribution in [-0.2, 0) is 13.0 Å². The Morgan fingerprint density at radius 1 is 1.07 bits per heavy atom. The third-order valence-corrected chi connectivity index (χ3v) is 4.99. The normalized spacial score (nSPS) is 11.6. The van der Waals surface area contributed by atoms with E-state index in [4.69, 9.17) is 4.74 Å². The molecular weight excluding hydrogens is 362 g/mol. The van der Waals surface area contributed by atoms with Gasteiger partial charge < -0.3 is 19.9 Å². The van der Waals surface area contributed by atoms with Crippen LogP contribution in [0.5, 0.6) is 5.75 Å². The molecule has 0 aliphatic heterocycles. The number of aryl methyl sites for hydroxylation is 3. The zero-order valence-corrected chi connectivity index (χ0v) is 17.6. The molecule has 0 radical (unpaired) electrons. The smallest absolute Gasteiger partial charge is 0.190 e. The van der Waals surface area contributed by atoms with E-state index in [9.17, 15) is 0 Å². The standard InChI is InChI=1S/C23H31N5O/c1-18-27-21-12-4-5-13-22(21)28(18)16-8-15-26-23(24-2)25-14-7-10-19-9-6-11-20(17-19)29-3/h4-6,9,11-13,17H,7-8,10,14-16H2,1-3H3,(H2,24,25,26). The van der Waals surface area contributed by atoms with Gasteiger partial charge in [-0.25, -0.2) is 4.98 Å². The van der Waals surface area contributed by atoms with Crippen LogP contribution in [0.2, 0.25) is 0 Å². The number of guanidine groups is 1. The van der Waals surface area contributed by atoms with Crippen molar-refractivity contribution in [2.24, 2.45) is 4.99 Å². The van der Waals surface area contributed by atoms with E-state index < -0.39 is 0 Å². The van der Waals surface area contributed by atoms with Crippen molar-refractivity contribution in [2.75, 3.05) is 27.2 Å². The van der Waals surface area contributed by atoms with Gasteiger partial charge in [0.1, 0.15) is 11.6 Å². The highest BCUT2D eigenvalue weighted by atomic mass is 16.5. The van der Waals surface area contributed by atoms with Gasteiger partial charge in [-0.15, -0.1) is 0 Å². The molecule has 1 heterocycles. The van der Waals surface area contributed by atoms with Crippen LogP contribution in [0.4, 0.5) is 0 Å². The average molecular weight is 394 g/mol. The lowest BCUT2D eigenvalue weighted by atomic mass is 10.1. The Morgan fingerprint density at radius 2 is 1.86 bits per heavy atom. The molecule has 0 aliphatic rings. The number of imidazole rings is 1. The lowest BCUT2D eigenvalue weighted by Crippen LogP contribution is -2.38. The predicted molar refractivity (Wildman–Crippen MR) is 120 cm³/mol. The Kier molecular flexibility index (Phi) is 7.50. The molecule has 2 aromatic carbocycles. The molecule has 0 fully saturated rings. The molecule has 2 N–H and O–H groups in total. The zero-order chi connectivity index (χ0) is 20.5. The van der Waals surface area contributed by atoms with E-state index >= 15 is 0 Å². The van der Waals surface area contributed by atoms with Crippen molar-refractivity contribution in [1.29, 1.82) is 0 Å². The van der Waals surface area contributed by atoms with Crippen LogP contribution in [0, 0.1) is 6.92 Å². The third kappa shape index (κ3) is 5.73. The second-order valence-electron chi connectivity index (χ2n) is 7.03. The summed E-state index contributed by atoms with van der Waals surface area (Å²) in [6.07, 6.45) is 3.05. The van der Waals surface area contributed by atoms with Gasteiger partial charge in [0.25, 0.3) is 0 Å². The largest absolute Gasteiger partial charge is 0.497 e. The van der Waals surface area contributed by atoms with Crippen LogP contribution >= 0.6 is 0 Å². The minimum atomic E-state index is 0.850. The number of nitrogens with one attached hydrogen (secondary N) is 2. The predicted octanol–water partition coefficient (Wildman–Crippen LogP) is 3.54. The number of rotatable bonds is 9. The number of fused-ring (bicyclic) bond motifs is 1. The summed E-state index contributed by atoms with van der Waals surface area (Å²) in [7, 11) is 3.51. The molecule has 154 valence electrons. The summed E-state index contributed by atoms with van der Waals surface area (Å²) >= 11 is 0. The van der Waals surface area contributed by atoms with Crippen molar-refractivity contribution in [2.45, 2.75) is 32.7 Å². The first-order valence-corrected chi connectivity index (χ1v) is 10.2. The molecule has 0 saturated heterocycles. The lowest BCUT2D eigenvalue weighted by Gasteiger charge is -2.13. The van der Waals surface area contributed by atoms with E-state index in [0.29, 0.717) is 0 Å². The van der Waals surface area contributed by atoms with Crippen LogP contribution < -0.4 is 15.4 Å². The number of aliphatic imine (C=N–C) groups is 1. The molecule has 0 bridgehead atoms. The Morgan fingerprint density at radius 3 is 2.66 bits per heavy atom. The van der Waals surface area contributed by atoms with Crippen LogP contribution in [-0.4, -0.2) is 42.8 Å². The van der Waals surface area contributed by atoms with E-state index in [2.05, 4.69) is 62.4 Å². The van der Waals surface area contributed by atoms with Crippen molar-refractivity contribution in [1.82, 2.24) is 20.2 Å². The van der Waals surface area contributed by atoms with Crippen molar-refractivity contribution in [3.63, 3.8) is 0 Å². The number of aromatic nitrogens is 2. The molecule has 0 spiro atoms. The highest BCUT2D eigenvalue weighted by Gasteiger charge is 2.06. The molecule has 0 saturated carbocycles. The fourth-order valence-corrected chi connectivity index (χ4v) is 3.47. The first kappa shape index (κ1) is 20.7. The maximum Gasteiger partial charge on any atom is 0.190 e. The topological polar surface area (TPSA) is 63.5 Å². The number of nitrogens with zero attached hydrogens (tertiary/aromatic N) is 3. The number of ether oxygens (including phenoxy) is 1. The Hall–Kier alpha value is -3.02. The molecule has 6 heteroatoms. The summed E-state index contributed by atoms with van der Waals surface area (Å²) in [5.41, 5.74) is 3.55. The zero-order valence-electron chi connectivity index (χ0n) is 17.6. The lowest BCUT2D eigenvalue weighted by molar-refractivity contribution is 0.414. The summed E-state index contributed by atoms with van der Waals surface area (Å²) in [5, 5.41) is 6.79. The highest BCUT2D eigenvalue weighted by molar-refractivity contribution is 5.79. The number of hydrogen-bond acceptors (Lipinski definition) is 3. The molecule has 0 amide bonds. The monoisotopic (exact) mass is 393 g/mol.